The van der Waals surface area contributed by atoms with Gasteiger partial charge in [-0.2, -0.15) is 0 Å². The Labute approximate surface area is 134 Å². The number of carbonyl (C=O) groups excluding carboxylic acids is 1. The molecule has 1 amide bonds. The molecule has 0 bridgehead atoms. The minimum absolute atomic E-state index is 0.0366. The Balaban J connectivity index is 1.90. The zero-order chi connectivity index (χ0) is 15.8. The molecule has 1 saturated carbocycles. The van der Waals surface area contributed by atoms with Gasteiger partial charge in [-0.25, -0.2) is 0 Å². The topological polar surface area (TPSA) is 38.3 Å². The molecular weight excluding hydrogens is 274 g/mol. The van der Waals surface area contributed by atoms with Crippen LogP contribution in [0.3, 0.4) is 0 Å². The van der Waals surface area contributed by atoms with Crippen LogP contribution >= 0.6 is 0 Å². The van der Waals surface area contributed by atoms with Crippen molar-refractivity contribution < 1.29 is 9.53 Å². The Bertz CT molecular complexity index is 464. The molecule has 22 heavy (non-hydrogen) atoms. The van der Waals surface area contributed by atoms with E-state index >= 15 is 0 Å². The summed E-state index contributed by atoms with van der Waals surface area (Å²) in [5, 5.41) is 3.21. The van der Waals surface area contributed by atoms with E-state index in [1.54, 1.807) is 0 Å². The van der Waals surface area contributed by atoms with Gasteiger partial charge in [-0.1, -0.05) is 51.2 Å². The smallest absolute Gasteiger partial charge is 0.261 e. The molecule has 0 saturated heterocycles. The zero-order valence-corrected chi connectivity index (χ0v) is 13.9. The summed E-state index contributed by atoms with van der Waals surface area (Å²) in [6.45, 7) is 4.03. The third-order valence-electron chi connectivity index (χ3n) is 4.38. The zero-order valence-electron chi connectivity index (χ0n) is 13.9. The number of hydrogen-bond acceptors (Lipinski definition) is 2. The average Bonchev–Trinajstić information content (AvgIpc) is 2.47. The highest BCUT2D eigenvalue weighted by molar-refractivity contribution is 5.81. The molecule has 1 aromatic carbocycles. The summed E-state index contributed by atoms with van der Waals surface area (Å²) in [5.74, 6) is 0.814. The molecule has 0 heterocycles. The number of rotatable bonds is 5. The van der Waals surface area contributed by atoms with Crippen molar-refractivity contribution in [2.75, 3.05) is 0 Å². The second-order valence-corrected chi connectivity index (χ2v) is 6.38. The quantitative estimate of drug-likeness (QED) is 0.876. The van der Waals surface area contributed by atoms with Gasteiger partial charge in [0.1, 0.15) is 5.75 Å². The summed E-state index contributed by atoms with van der Waals surface area (Å²) in [4.78, 5) is 12.5. The van der Waals surface area contributed by atoms with Crippen molar-refractivity contribution in [1.82, 2.24) is 5.32 Å². The summed E-state index contributed by atoms with van der Waals surface area (Å²) < 4.78 is 5.89. The fraction of sp³-hybridized carbons (Fsp3) is 0.632. The van der Waals surface area contributed by atoms with E-state index in [9.17, 15) is 4.79 Å². The molecule has 1 aliphatic carbocycles. The monoisotopic (exact) mass is 303 g/mol. The van der Waals surface area contributed by atoms with E-state index in [1.165, 1.54) is 32.1 Å². The van der Waals surface area contributed by atoms with Crippen LogP contribution in [0.1, 0.15) is 63.9 Å². The maximum Gasteiger partial charge on any atom is 0.261 e. The molecule has 1 aliphatic rings. The molecule has 0 unspecified atom stereocenters. The summed E-state index contributed by atoms with van der Waals surface area (Å²) in [6, 6.07) is 8.21. The number of ether oxygens (including phenoxy) is 1. The fourth-order valence-corrected chi connectivity index (χ4v) is 3.07. The van der Waals surface area contributed by atoms with Gasteiger partial charge in [0, 0.05) is 6.04 Å². The minimum atomic E-state index is -0.396. The van der Waals surface area contributed by atoms with Gasteiger partial charge in [-0.15, -0.1) is 0 Å². The van der Waals surface area contributed by atoms with E-state index in [0.717, 1.165) is 24.2 Å². The number of amides is 1. The van der Waals surface area contributed by atoms with Crippen molar-refractivity contribution >= 4 is 5.91 Å². The first-order chi connectivity index (χ1) is 10.7. The van der Waals surface area contributed by atoms with Crippen molar-refractivity contribution in [1.29, 1.82) is 0 Å². The van der Waals surface area contributed by atoms with E-state index in [0.29, 0.717) is 12.5 Å². The third kappa shape index (κ3) is 5.36. The van der Waals surface area contributed by atoms with Gasteiger partial charge in [0.2, 0.25) is 0 Å². The van der Waals surface area contributed by atoms with E-state index in [4.69, 9.17) is 4.74 Å². The number of hydrogen-bond donors (Lipinski definition) is 1. The van der Waals surface area contributed by atoms with Gasteiger partial charge in [0.05, 0.1) is 0 Å². The molecule has 1 N–H and O–H groups in total. The minimum Gasteiger partial charge on any atom is -0.481 e. The van der Waals surface area contributed by atoms with Gasteiger partial charge in [0.15, 0.2) is 6.10 Å². The predicted octanol–water partition coefficient (Wildman–Crippen LogP) is 4.38. The highest BCUT2D eigenvalue weighted by atomic mass is 16.5. The first-order valence-electron chi connectivity index (χ1n) is 8.72. The lowest BCUT2D eigenvalue weighted by molar-refractivity contribution is -0.129. The van der Waals surface area contributed by atoms with Gasteiger partial charge >= 0.3 is 0 Å². The normalized spacial score (nSPS) is 18.1. The highest BCUT2D eigenvalue weighted by Crippen LogP contribution is 2.19. The molecule has 0 aromatic heterocycles. The maximum absolute atomic E-state index is 12.5. The second kappa shape index (κ2) is 8.82. The van der Waals surface area contributed by atoms with Gasteiger partial charge in [-0.05, 0) is 43.9 Å². The molecule has 1 fully saturated rings. The largest absolute Gasteiger partial charge is 0.481 e. The molecule has 1 atom stereocenters. The number of benzene rings is 1. The second-order valence-electron chi connectivity index (χ2n) is 6.38. The molecule has 1 aromatic rings. The van der Waals surface area contributed by atoms with E-state index in [1.807, 2.05) is 38.1 Å². The van der Waals surface area contributed by atoms with Crippen LogP contribution in [-0.4, -0.2) is 18.1 Å². The first-order valence-corrected chi connectivity index (χ1v) is 8.72. The third-order valence-corrected chi connectivity index (χ3v) is 4.38. The molecule has 2 rings (SSSR count). The predicted molar refractivity (Wildman–Crippen MR) is 90.1 cm³/mol. The molecule has 3 heteroatoms. The Hall–Kier alpha value is -1.51. The van der Waals surface area contributed by atoms with Crippen LogP contribution in [0.4, 0.5) is 0 Å². The number of carbonyl (C=O) groups is 1. The van der Waals surface area contributed by atoms with Crippen LogP contribution in [0, 0.1) is 6.92 Å². The van der Waals surface area contributed by atoms with Crippen LogP contribution in [-0.2, 0) is 4.79 Å². The van der Waals surface area contributed by atoms with E-state index in [-0.39, 0.29) is 5.91 Å². The Morgan fingerprint density at radius 1 is 1.23 bits per heavy atom. The maximum atomic E-state index is 12.5. The molecule has 0 aliphatic heterocycles. The summed E-state index contributed by atoms with van der Waals surface area (Å²) in [6.07, 6.45) is 8.88. The van der Waals surface area contributed by atoms with Crippen LogP contribution in [0.2, 0.25) is 0 Å². The summed E-state index contributed by atoms with van der Waals surface area (Å²) in [7, 11) is 0. The molecule has 3 nitrogen and oxygen atoms in total. The van der Waals surface area contributed by atoms with Crippen LogP contribution in [0.25, 0.3) is 0 Å². The summed E-state index contributed by atoms with van der Waals surface area (Å²) in [5.41, 5.74) is 1.15. The van der Waals surface area contributed by atoms with Crippen molar-refractivity contribution in [3.63, 3.8) is 0 Å². The fourth-order valence-electron chi connectivity index (χ4n) is 3.07. The van der Waals surface area contributed by atoms with Gasteiger partial charge in [0.25, 0.3) is 5.91 Å². The van der Waals surface area contributed by atoms with Crippen molar-refractivity contribution in [2.45, 2.75) is 77.4 Å². The average molecular weight is 303 g/mol. The van der Waals surface area contributed by atoms with Crippen LogP contribution in [0.5, 0.6) is 5.75 Å². The molecule has 122 valence electrons. The molecular formula is C19H29NO2. The Kier molecular flexibility index (Phi) is 6.75. The van der Waals surface area contributed by atoms with Crippen LogP contribution < -0.4 is 10.1 Å². The lowest BCUT2D eigenvalue weighted by Gasteiger charge is -2.24. The van der Waals surface area contributed by atoms with Crippen molar-refractivity contribution in [3.05, 3.63) is 29.8 Å². The molecule has 0 radical (unpaired) electrons. The number of aryl methyl sites for hydroxylation is 1. The van der Waals surface area contributed by atoms with E-state index in [2.05, 4.69) is 5.32 Å². The lowest BCUT2D eigenvalue weighted by atomic mass is 9.96. The summed E-state index contributed by atoms with van der Waals surface area (Å²) >= 11 is 0. The van der Waals surface area contributed by atoms with Crippen LogP contribution in [0.15, 0.2) is 24.3 Å². The Morgan fingerprint density at radius 3 is 2.55 bits per heavy atom. The van der Waals surface area contributed by atoms with Gasteiger partial charge in [-0.3, -0.25) is 4.79 Å². The number of nitrogens with one attached hydrogen (secondary N) is 1. The first kappa shape index (κ1) is 16.9. The SMILES string of the molecule is CC[C@@H](Oc1cccc(C)c1)C(=O)NC1CCCCCCC1. The van der Waals surface area contributed by atoms with Crippen molar-refractivity contribution in [3.8, 4) is 5.75 Å². The highest BCUT2D eigenvalue weighted by Gasteiger charge is 2.22. The van der Waals surface area contributed by atoms with Crippen molar-refractivity contribution in [2.24, 2.45) is 0 Å². The molecule has 0 spiro atoms. The lowest BCUT2D eigenvalue weighted by Crippen LogP contribution is -2.43. The Morgan fingerprint density at radius 2 is 1.91 bits per heavy atom. The van der Waals surface area contributed by atoms with E-state index < -0.39 is 6.10 Å². The standard InChI is InChI=1S/C19H29NO2/c1-3-18(22-17-13-9-10-15(2)14-17)19(21)20-16-11-7-5-4-6-8-12-16/h9-10,13-14,16,18H,3-8,11-12H2,1-2H3,(H,20,21)/t18-/m1/s1. The van der Waals surface area contributed by atoms with Gasteiger partial charge < -0.3 is 10.1 Å².